The van der Waals surface area contributed by atoms with Gasteiger partial charge in [-0.1, -0.05) is 62.4 Å². The predicted molar refractivity (Wildman–Crippen MR) is 189 cm³/mol. The van der Waals surface area contributed by atoms with E-state index in [0.29, 0.717) is 12.6 Å². The molecular formula is C39H43N7O3. The monoisotopic (exact) mass is 657 g/mol. The molecule has 4 heterocycles. The Hall–Kier alpha value is -4.96. The molecule has 2 amide bonds. The van der Waals surface area contributed by atoms with Gasteiger partial charge in [0.2, 0.25) is 5.91 Å². The molecule has 3 fully saturated rings. The number of methoxy groups -OCH3 is 1. The van der Waals surface area contributed by atoms with Crippen LogP contribution in [0.15, 0.2) is 73.1 Å². The first-order valence-electron chi connectivity index (χ1n) is 17.4. The predicted octanol–water partition coefficient (Wildman–Crippen LogP) is 7.15. The molecule has 4 N–H and O–H groups in total. The molecule has 0 radical (unpaired) electrons. The van der Waals surface area contributed by atoms with Crippen molar-refractivity contribution < 1.29 is 14.3 Å². The van der Waals surface area contributed by atoms with Crippen LogP contribution in [0.1, 0.15) is 69.7 Å². The summed E-state index contributed by atoms with van der Waals surface area (Å²) in [5.41, 5.74) is 6.60. The number of aromatic nitrogens is 4. The Morgan fingerprint density at radius 3 is 2.18 bits per heavy atom. The molecule has 0 unspecified atom stereocenters. The zero-order valence-electron chi connectivity index (χ0n) is 28.3. The van der Waals surface area contributed by atoms with Crippen molar-refractivity contribution in [3.05, 3.63) is 84.7 Å². The van der Waals surface area contributed by atoms with Crippen LogP contribution >= 0.6 is 0 Å². The first-order valence-corrected chi connectivity index (χ1v) is 17.4. The Labute approximate surface area is 286 Å². The molecule has 10 nitrogen and oxygen atoms in total. The van der Waals surface area contributed by atoms with Crippen LogP contribution in [0.4, 0.5) is 4.79 Å². The Bertz CT molecular complexity index is 2000. The lowest BCUT2D eigenvalue weighted by atomic mass is 9.98. The number of alkyl carbamates (subject to hydrolysis) is 1. The average molecular weight is 658 g/mol. The van der Waals surface area contributed by atoms with Gasteiger partial charge in [-0.3, -0.25) is 4.79 Å². The summed E-state index contributed by atoms with van der Waals surface area (Å²) in [7, 11) is 1.32. The number of imidazole rings is 2. The summed E-state index contributed by atoms with van der Waals surface area (Å²) in [6, 6.07) is 21.2. The third-order valence-corrected chi connectivity index (χ3v) is 10.7. The fourth-order valence-electron chi connectivity index (χ4n) is 7.62. The minimum absolute atomic E-state index is 0.0814. The van der Waals surface area contributed by atoms with Crippen molar-refractivity contribution in [2.24, 2.45) is 11.3 Å². The Kier molecular flexibility index (Phi) is 7.98. The summed E-state index contributed by atoms with van der Waals surface area (Å²) in [5.74, 6) is 1.63. The van der Waals surface area contributed by atoms with Gasteiger partial charge in [-0.2, -0.15) is 0 Å². The van der Waals surface area contributed by atoms with Crippen molar-refractivity contribution in [1.82, 2.24) is 35.5 Å². The van der Waals surface area contributed by atoms with Crippen molar-refractivity contribution in [2.75, 3.05) is 20.2 Å². The maximum atomic E-state index is 13.8. The summed E-state index contributed by atoms with van der Waals surface area (Å²) in [5, 5.41) is 8.56. The number of fused-ring (bicyclic) bond motifs is 1. The zero-order valence-corrected chi connectivity index (χ0v) is 28.3. The molecule has 2 aromatic heterocycles. The zero-order chi connectivity index (χ0) is 33.7. The van der Waals surface area contributed by atoms with Crippen LogP contribution in [0.2, 0.25) is 0 Å². The Morgan fingerprint density at radius 1 is 0.878 bits per heavy atom. The maximum Gasteiger partial charge on any atom is 0.407 e. The van der Waals surface area contributed by atoms with Crippen LogP contribution < -0.4 is 10.6 Å². The highest BCUT2D eigenvalue weighted by molar-refractivity contribution is 5.91. The van der Waals surface area contributed by atoms with Crippen molar-refractivity contribution in [2.45, 2.75) is 64.1 Å². The molecule has 3 aromatic carbocycles. The normalized spacial score (nSPS) is 20.3. The molecule has 1 saturated carbocycles. The summed E-state index contributed by atoms with van der Waals surface area (Å²) in [6.45, 7) is 5.61. The first kappa shape index (κ1) is 31.3. The van der Waals surface area contributed by atoms with Crippen LogP contribution in [0.25, 0.3) is 44.4 Å². The van der Waals surface area contributed by atoms with Crippen molar-refractivity contribution in [3.8, 4) is 33.6 Å². The topological polar surface area (TPSA) is 128 Å². The second-order valence-corrected chi connectivity index (χ2v) is 14.4. The summed E-state index contributed by atoms with van der Waals surface area (Å²) in [6.07, 6.45) is 8.61. The lowest BCUT2D eigenvalue weighted by Gasteiger charge is -2.30. The number of H-pyrrole nitrogens is 2. The van der Waals surface area contributed by atoms with E-state index in [1.165, 1.54) is 13.5 Å². The second-order valence-electron chi connectivity index (χ2n) is 14.4. The largest absolute Gasteiger partial charge is 0.453 e. The van der Waals surface area contributed by atoms with Gasteiger partial charge in [0.1, 0.15) is 17.7 Å². The fourth-order valence-corrected chi connectivity index (χ4v) is 7.62. The molecule has 49 heavy (non-hydrogen) atoms. The van der Waals surface area contributed by atoms with Crippen molar-refractivity contribution in [1.29, 1.82) is 0 Å². The number of carbonyl (C=O) groups excluding carboxylic acids is 2. The molecule has 8 rings (SSSR count). The van der Waals surface area contributed by atoms with Gasteiger partial charge in [-0.25, -0.2) is 14.8 Å². The van der Waals surface area contributed by atoms with Gasteiger partial charge in [-0.15, -0.1) is 0 Å². The van der Waals surface area contributed by atoms with Crippen LogP contribution in [-0.2, 0) is 9.53 Å². The number of nitrogens with one attached hydrogen (secondary N) is 4. The number of hydrogen-bond donors (Lipinski definition) is 4. The summed E-state index contributed by atoms with van der Waals surface area (Å²) < 4.78 is 4.81. The third kappa shape index (κ3) is 6.10. The summed E-state index contributed by atoms with van der Waals surface area (Å²) in [4.78, 5) is 44.3. The van der Waals surface area contributed by atoms with Crippen LogP contribution in [-0.4, -0.2) is 63.1 Å². The van der Waals surface area contributed by atoms with Gasteiger partial charge in [0.25, 0.3) is 0 Å². The van der Waals surface area contributed by atoms with E-state index in [2.05, 4.69) is 86.2 Å². The summed E-state index contributed by atoms with van der Waals surface area (Å²) >= 11 is 0. The number of rotatable bonds is 8. The molecule has 5 aromatic rings. The van der Waals surface area contributed by atoms with Gasteiger partial charge in [0, 0.05) is 12.1 Å². The molecule has 10 heteroatoms. The number of ether oxygens (including phenoxy) is 1. The molecule has 1 spiro atoms. The molecule has 2 aliphatic heterocycles. The van der Waals surface area contributed by atoms with Gasteiger partial charge in [0.15, 0.2) is 0 Å². The van der Waals surface area contributed by atoms with Crippen LogP contribution in [0.3, 0.4) is 0 Å². The number of nitrogens with zero attached hydrogens (tertiary/aromatic N) is 3. The Balaban J connectivity index is 0.993. The van der Waals surface area contributed by atoms with Gasteiger partial charge >= 0.3 is 6.09 Å². The van der Waals surface area contributed by atoms with E-state index in [1.807, 2.05) is 31.1 Å². The Morgan fingerprint density at radius 2 is 1.51 bits per heavy atom. The number of carbonyl (C=O) groups is 2. The SMILES string of the molecule is COC(=O)N[C@H](C(=O)N1CC2(CC2)C[C@H]1c1ncc(-c2ccc3cc(-c4ccc(-c5cnc([C@@H]6CCCN6)[nH]5)cc4)ccc3c2)[nH]1)C(C)C. The number of hydrogen-bond acceptors (Lipinski definition) is 6. The fraction of sp³-hybridized carbons (Fsp3) is 0.385. The van der Waals surface area contributed by atoms with E-state index in [-0.39, 0.29) is 23.3 Å². The lowest BCUT2D eigenvalue weighted by molar-refractivity contribution is -0.135. The molecular weight excluding hydrogens is 614 g/mol. The molecule has 3 aliphatic rings. The quantitative estimate of drug-likeness (QED) is 0.140. The number of aromatic amines is 2. The van der Waals surface area contributed by atoms with E-state index >= 15 is 0 Å². The smallest absolute Gasteiger partial charge is 0.407 e. The minimum atomic E-state index is -0.662. The minimum Gasteiger partial charge on any atom is -0.453 e. The maximum absolute atomic E-state index is 13.8. The third-order valence-electron chi connectivity index (χ3n) is 10.7. The highest BCUT2D eigenvalue weighted by Gasteiger charge is 2.55. The van der Waals surface area contributed by atoms with Crippen molar-refractivity contribution in [3.63, 3.8) is 0 Å². The number of amides is 2. The lowest BCUT2D eigenvalue weighted by Crippen LogP contribution is -2.51. The molecule has 252 valence electrons. The van der Waals surface area contributed by atoms with Gasteiger partial charge in [0.05, 0.1) is 43.0 Å². The van der Waals surface area contributed by atoms with E-state index < -0.39 is 12.1 Å². The molecule has 3 atom stereocenters. The van der Waals surface area contributed by atoms with E-state index in [4.69, 9.17) is 9.72 Å². The molecule has 1 aliphatic carbocycles. The standard InChI is InChI=1S/C39H43N7O3/c1-23(2)34(45-38(48)49-3)37(47)46-22-39(14-15-39)19-33(46)36-42-21-32(44-36)29-13-12-27-17-26(10-11-28(27)18-29)24-6-8-25(9-7-24)31-20-41-35(43-31)30-5-4-16-40-30/h6-13,17-18,20-21,23,30,33-34,40H,4-5,14-16,19,22H2,1-3H3,(H,41,43)(H,42,44)(H,45,48)/t30-,33-,34-/m0/s1. The molecule has 2 saturated heterocycles. The van der Waals surface area contributed by atoms with Crippen molar-refractivity contribution >= 4 is 22.8 Å². The first-order chi connectivity index (χ1) is 23.8. The average Bonchev–Trinajstić information content (AvgIpc) is 3.69. The van der Waals surface area contributed by atoms with Gasteiger partial charge in [-0.05, 0) is 89.6 Å². The van der Waals surface area contributed by atoms with E-state index in [9.17, 15) is 9.59 Å². The van der Waals surface area contributed by atoms with Crippen LogP contribution in [0.5, 0.6) is 0 Å². The number of likely N-dealkylation sites (tertiary alicyclic amines) is 1. The van der Waals surface area contributed by atoms with E-state index in [0.717, 1.165) is 88.3 Å². The van der Waals surface area contributed by atoms with E-state index in [1.54, 1.807) is 0 Å². The van der Waals surface area contributed by atoms with Crippen LogP contribution in [0, 0.1) is 11.3 Å². The number of benzene rings is 3. The van der Waals surface area contributed by atoms with Gasteiger partial charge < -0.3 is 30.2 Å². The second kappa shape index (κ2) is 12.5. The molecule has 0 bridgehead atoms. The highest BCUT2D eigenvalue weighted by atomic mass is 16.5. The highest BCUT2D eigenvalue weighted by Crippen LogP contribution is 2.58.